The number of carbonyl (C=O) groups excluding carboxylic acids is 2. The van der Waals surface area contributed by atoms with Gasteiger partial charge in [-0.25, -0.2) is 20.2 Å². The fourth-order valence-corrected chi connectivity index (χ4v) is 3.34. The van der Waals surface area contributed by atoms with E-state index in [4.69, 9.17) is 9.94 Å². The summed E-state index contributed by atoms with van der Waals surface area (Å²) < 4.78 is 5.37. The van der Waals surface area contributed by atoms with Crippen molar-refractivity contribution >= 4 is 17.9 Å². The Bertz CT molecular complexity index is 648. The zero-order valence-electron chi connectivity index (χ0n) is 13.1. The summed E-state index contributed by atoms with van der Waals surface area (Å²) in [4.78, 5) is 35.7. The van der Waals surface area contributed by atoms with Crippen molar-refractivity contribution in [3.63, 3.8) is 0 Å². The van der Waals surface area contributed by atoms with Gasteiger partial charge >= 0.3 is 6.09 Å². The lowest BCUT2D eigenvalue weighted by Gasteiger charge is -2.33. The molecule has 9 nitrogen and oxygen atoms in total. The number of nitrogens with zero attached hydrogens (tertiary/aromatic N) is 4. The molecule has 1 aromatic heterocycles. The molecular weight excluding hydrogens is 314 g/mol. The van der Waals surface area contributed by atoms with E-state index in [0.717, 1.165) is 19.3 Å². The fourth-order valence-electron chi connectivity index (χ4n) is 3.34. The molecule has 2 atom stereocenters. The maximum Gasteiger partial charge on any atom is 0.410 e. The van der Waals surface area contributed by atoms with E-state index in [1.807, 2.05) is 0 Å². The van der Waals surface area contributed by atoms with Crippen LogP contribution in [0.3, 0.4) is 0 Å². The maximum atomic E-state index is 12.1. The van der Waals surface area contributed by atoms with Crippen molar-refractivity contribution in [1.29, 1.82) is 0 Å². The number of likely N-dealkylation sites (tertiary alicyclic amines) is 1. The number of rotatable bonds is 4. The standard InChI is InChI=1S/C15H19N5O4/c21-13(18-23)10-4-16-14(17-5-10)19-6-12-3-11(19)7-20(12)15(22)24-8-9-1-2-9/h4-5,9,11-12,23H,1-3,6-8H2,(H,18,21)/t11-,12-/m0/s1. The predicted octanol–water partition coefficient (Wildman–Crippen LogP) is 0.405. The third-order valence-corrected chi connectivity index (χ3v) is 4.87. The van der Waals surface area contributed by atoms with E-state index < -0.39 is 5.91 Å². The number of ether oxygens (including phenoxy) is 1. The van der Waals surface area contributed by atoms with E-state index in [1.165, 1.54) is 12.4 Å². The molecule has 4 rings (SSSR count). The minimum Gasteiger partial charge on any atom is -0.449 e. The van der Waals surface area contributed by atoms with Crippen molar-refractivity contribution in [2.24, 2.45) is 5.92 Å². The first-order valence-corrected chi connectivity index (χ1v) is 8.12. The van der Waals surface area contributed by atoms with Crippen LogP contribution in [0, 0.1) is 5.92 Å². The second kappa shape index (κ2) is 5.90. The Morgan fingerprint density at radius 3 is 2.58 bits per heavy atom. The Hall–Kier alpha value is -2.42. The molecule has 2 bridgehead atoms. The second-order valence-corrected chi connectivity index (χ2v) is 6.58. The number of aromatic nitrogens is 2. The van der Waals surface area contributed by atoms with Gasteiger partial charge in [-0.3, -0.25) is 10.0 Å². The molecule has 2 aliphatic heterocycles. The average Bonchev–Trinajstić information content (AvgIpc) is 3.23. The Morgan fingerprint density at radius 2 is 2.00 bits per heavy atom. The van der Waals surface area contributed by atoms with Crippen molar-refractivity contribution < 1.29 is 19.5 Å². The molecule has 3 aliphatic rings. The Morgan fingerprint density at radius 1 is 1.25 bits per heavy atom. The Kier molecular flexibility index (Phi) is 3.72. The first-order chi connectivity index (χ1) is 11.7. The zero-order chi connectivity index (χ0) is 16.7. The summed E-state index contributed by atoms with van der Waals surface area (Å²) in [6.07, 6.45) is 5.73. The fraction of sp³-hybridized carbons (Fsp3) is 0.600. The summed E-state index contributed by atoms with van der Waals surface area (Å²) in [7, 11) is 0. The number of anilines is 1. The van der Waals surface area contributed by atoms with E-state index in [-0.39, 0.29) is 23.7 Å². The van der Waals surface area contributed by atoms with E-state index >= 15 is 0 Å². The molecule has 2 saturated heterocycles. The predicted molar refractivity (Wildman–Crippen MR) is 81.6 cm³/mol. The number of hydroxylamine groups is 1. The molecule has 0 unspecified atom stereocenters. The molecule has 24 heavy (non-hydrogen) atoms. The SMILES string of the molecule is O=C(NO)c1cnc(N2C[C@@H]3C[C@H]2CN3C(=O)OCC2CC2)nc1. The largest absolute Gasteiger partial charge is 0.449 e. The van der Waals surface area contributed by atoms with Gasteiger partial charge in [0.25, 0.3) is 5.91 Å². The third-order valence-electron chi connectivity index (χ3n) is 4.87. The molecule has 1 aromatic rings. The summed E-state index contributed by atoms with van der Waals surface area (Å²) in [6.45, 7) is 1.80. The molecule has 0 aromatic carbocycles. The first-order valence-electron chi connectivity index (χ1n) is 8.12. The van der Waals surface area contributed by atoms with Crippen molar-refractivity contribution in [2.45, 2.75) is 31.3 Å². The number of carbonyl (C=O) groups is 2. The number of fused-ring (bicyclic) bond motifs is 2. The Balaban J connectivity index is 1.37. The van der Waals surface area contributed by atoms with E-state index in [2.05, 4.69) is 14.9 Å². The molecule has 1 saturated carbocycles. The number of hydrogen-bond acceptors (Lipinski definition) is 7. The van der Waals surface area contributed by atoms with Gasteiger partial charge in [0.15, 0.2) is 0 Å². The minimum absolute atomic E-state index is 0.116. The summed E-state index contributed by atoms with van der Waals surface area (Å²) in [5.74, 6) is 0.449. The van der Waals surface area contributed by atoms with Gasteiger partial charge in [0, 0.05) is 25.5 Å². The van der Waals surface area contributed by atoms with E-state index in [9.17, 15) is 9.59 Å². The van der Waals surface area contributed by atoms with Gasteiger partial charge in [-0.2, -0.15) is 0 Å². The molecule has 3 fully saturated rings. The topological polar surface area (TPSA) is 108 Å². The maximum absolute atomic E-state index is 12.1. The number of amides is 2. The molecule has 2 N–H and O–H groups in total. The van der Waals surface area contributed by atoms with E-state index in [1.54, 1.807) is 10.4 Å². The first kappa shape index (κ1) is 15.1. The summed E-state index contributed by atoms with van der Waals surface area (Å²) >= 11 is 0. The monoisotopic (exact) mass is 333 g/mol. The molecule has 9 heteroatoms. The van der Waals surface area contributed by atoms with Gasteiger partial charge in [-0.15, -0.1) is 0 Å². The summed E-state index contributed by atoms with van der Waals surface area (Å²) in [5, 5.41) is 8.60. The van der Waals surface area contributed by atoms with Crippen LogP contribution in [0.25, 0.3) is 0 Å². The van der Waals surface area contributed by atoms with Crippen LogP contribution in [0.5, 0.6) is 0 Å². The smallest absolute Gasteiger partial charge is 0.410 e. The van der Waals surface area contributed by atoms with Gasteiger partial charge in [0.1, 0.15) is 0 Å². The van der Waals surface area contributed by atoms with Gasteiger partial charge in [0.2, 0.25) is 5.95 Å². The number of nitrogens with one attached hydrogen (secondary N) is 1. The van der Waals surface area contributed by atoms with Gasteiger partial charge in [0.05, 0.1) is 24.3 Å². The van der Waals surface area contributed by atoms with Crippen LogP contribution in [0.15, 0.2) is 12.4 Å². The van der Waals surface area contributed by atoms with Crippen LogP contribution < -0.4 is 10.4 Å². The highest BCUT2D eigenvalue weighted by molar-refractivity contribution is 5.92. The Labute approximate surface area is 138 Å². The number of hydrogen-bond donors (Lipinski definition) is 2. The van der Waals surface area contributed by atoms with Crippen molar-refractivity contribution in [2.75, 3.05) is 24.6 Å². The van der Waals surface area contributed by atoms with Crippen molar-refractivity contribution in [3.8, 4) is 0 Å². The quantitative estimate of drug-likeness (QED) is 0.607. The van der Waals surface area contributed by atoms with Gasteiger partial charge < -0.3 is 14.5 Å². The molecular formula is C15H19N5O4. The van der Waals surface area contributed by atoms with Crippen LogP contribution >= 0.6 is 0 Å². The molecule has 0 spiro atoms. The van der Waals surface area contributed by atoms with Crippen LogP contribution in [0.1, 0.15) is 29.6 Å². The molecule has 2 amide bonds. The van der Waals surface area contributed by atoms with Crippen LogP contribution in [0.4, 0.5) is 10.7 Å². The lowest BCUT2D eigenvalue weighted by molar-refractivity contribution is 0.0705. The van der Waals surface area contributed by atoms with Crippen molar-refractivity contribution in [3.05, 3.63) is 18.0 Å². The third kappa shape index (κ3) is 2.75. The molecule has 1 aliphatic carbocycles. The van der Waals surface area contributed by atoms with Crippen LogP contribution in [0.2, 0.25) is 0 Å². The van der Waals surface area contributed by atoms with Gasteiger partial charge in [-0.05, 0) is 25.2 Å². The molecule has 0 radical (unpaired) electrons. The van der Waals surface area contributed by atoms with Crippen LogP contribution in [-0.2, 0) is 4.74 Å². The highest BCUT2D eigenvalue weighted by atomic mass is 16.6. The molecule has 128 valence electrons. The lowest BCUT2D eigenvalue weighted by atomic mass is 10.2. The lowest BCUT2D eigenvalue weighted by Crippen LogP contribution is -2.49. The highest BCUT2D eigenvalue weighted by Gasteiger charge is 2.47. The minimum atomic E-state index is -0.644. The van der Waals surface area contributed by atoms with Crippen molar-refractivity contribution in [1.82, 2.24) is 20.3 Å². The molecule has 3 heterocycles. The summed E-state index contributed by atoms with van der Waals surface area (Å²) in [5.41, 5.74) is 1.74. The van der Waals surface area contributed by atoms with Gasteiger partial charge in [-0.1, -0.05) is 0 Å². The summed E-state index contributed by atoms with van der Waals surface area (Å²) in [6, 6.07) is 0.284. The number of piperazine rings is 1. The zero-order valence-corrected chi connectivity index (χ0v) is 13.1. The second-order valence-electron chi connectivity index (χ2n) is 6.58. The normalized spacial score (nSPS) is 25.0. The van der Waals surface area contributed by atoms with Crippen LogP contribution in [-0.4, -0.2) is 63.9 Å². The van der Waals surface area contributed by atoms with E-state index in [0.29, 0.717) is 31.6 Å². The highest BCUT2D eigenvalue weighted by Crippen LogP contribution is 2.34. The average molecular weight is 333 g/mol.